The molecule has 19 heteroatoms. The highest BCUT2D eigenvalue weighted by Crippen LogP contribution is 2.33. The first-order valence-corrected chi connectivity index (χ1v) is 41.6. The summed E-state index contributed by atoms with van der Waals surface area (Å²) in [5.41, 5.74) is 0. The third-order valence-corrected chi connectivity index (χ3v) is 20.1. The van der Waals surface area contributed by atoms with Crippen molar-refractivity contribution in [2.24, 2.45) is 0 Å². The molecule has 3 aliphatic rings. The average molecular weight is 1490 g/mol. The fraction of sp³-hybridized carbons (Fsp3) is 0.779. The molecule has 3 rings (SSSR count). The maximum Gasteiger partial charge on any atom is 0.220 e. The Kier molecular flexibility index (Phi) is 59.4. The second-order valence-electron chi connectivity index (χ2n) is 29.2. The molecule has 0 aliphatic carbocycles. The topological polar surface area (TPSA) is 307 Å². The minimum Gasteiger partial charge on any atom is -0.394 e. The van der Waals surface area contributed by atoms with Crippen LogP contribution in [0.3, 0.4) is 0 Å². The molecule has 0 saturated carbocycles. The molecule has 606 valence electrons. The molecule has 105 heavy (non-hydrogen) atoms. The normalized spacial score (nSPS) is 26.4. The number of carbonyl (C=O) groups is 1. The SMILES string of the molecule is CC/C=C\C/C=C\C/C=C\C/C=C\C/C=C\C/C=C\C/C=C\C/C=C\C/C=C\CCCCCCCCCCCCCCCC(=O)NC(COC1OC(CO)C(OC2OC(CO)C(OC3OC(CO)C(O)C(O)C3O)C(O)C2O)C(O)C1O)C(O)CCCCCCCCCCCCCCCCCCCCC. The molecule has 0 aromatic heterocycles. The van der Waals surface area contributed by atoms with Gasteiger partial charge in [0.1, 0.15) is 73.2 Å². The number of unbranched alkanes of at least 4 members (excludes halogenated alkanes) is 31. The molecule has 19 nitrogen and oxygen atoms in total. The molecular weight excluding hydrogens is 1330 g/mol. The number of amides is 1. The summed E-state index contributed by atoms with van der Waals surface area (Å²) in [7, 11) is 0. The number of nitrogens with one attached hydrogen (secondary N) is 1. The van der Waals surface area contributed by atoms with Crippen molar-refractivity contribution in [1.29, 1.82) is 0 Å². The van der Waals surface area contributed by atoms with Crippen molar-refractivity contribution in [3.8, 4) is 0 Å². The van der Waals surface area contributed by atoms with Gasteiger partial charge in [-0.3, -0.25) is 4.79 Å². The number of rotatable bonds is 65. The van der Waals surface area contributed by atoms with Gasteiger partial charge in [-0.25, -0.2) is 0 Å². The summed E-state index contributed by atoms with van der Waals surface area (Å²) in [5.74, 6) is -0.245. The van der Waals surface area contributed by atoms with Crippen LogP contribution in [0.15, 0.2) is 109 Å². The summed E-state index contributed by atoms with van der Waals surface area (Å²) in [6, 6.07) is -0.895. The van der Waals surface area contributed by atoms with E-state index < -0.39 is 124 Å². The summed E-state index contributed by atoms with van der Waals surface area (Å²) in [6.45, 7) is 1.71. The third kappa shape index (κ3) is 44.8. The van der Waals surface area contributed by atoms with Gasteiger partial charge in [0.25, 0.3) is 0 Å². The molecule has 1 amide bonds. The van der Waals surface area contributed by atoms with Crippen molar-refractivity contribution < 1.29 is 89.4 Å². The molecule has 0 aromatic rings. The molecule has 3 fully saturated rings. The Labute approximate surface area is 634 Å². The van der Waals surface area contributed by atoms with Crippen molar-refractivity contribution in [3.05, 3.63) is 109 Å². The van der Waals surface area contributed by atoms with Gasteiger partial charge in [-0.15, -0.1) is 0 Å². The van der Waals surface area contributed by atoms with Crippen LogP contribution < -0.4 is 5.32 Å². The van der Waals surface area contributed by atoms with Gasteiger partial charge in [-0.1, -0.05) is 316 Å². The molecule has 3 heterocycles. The Balaban J connectivity index is 1.32. The Morgan fingerprint density at radius 2 is 0.657 bits per heavy atom. The van der Waals surface area contributed by atoms with E-state index in [1.54, 1.807) is 0 Å². The van der Waals surface area contributed by atoms with E-state index in [0.717, 1.165) is 109 Å². The molecule has 0 aromatic carbocycles. The van der Waals surface area contributed by atoms with E-state index in [1.807, 2.05) is 0 Å². The molecule has 3 saturated heterocycles. The molecular formula is C86H149NO18. The fourth-order valence-corrected chi connectivity index (χ4v) is 13.5. The van der Waals surface area contributed by atoms with E-state index in [9.17, 15) is 61.0 Å². The standard InChI is InChI=1S/C86H149NO18/c1-3-5-7-9-11-13-15-17-19-21-23-24-25-26-27-28-29-30-31-32-33-34-35-36-37-38-39-40-41-42-43-44-46-48-50-52-54-56-58-60-62-64-74(92)87-69(70(91)63-61-59-57-55-53-51-49-47-45-22-20-18-16-14-12-10-8-6-4-2)68-100-84-80(98)77(95)82(72(66-89)102-84)105-86-81(99)78(96)83(73(67-90)103-86)104-85-79(97)76(94)75(93)71(65-88)101-85/h5,7,11,13,17,19,23-24,26-27,29-30,32-33,35-36,38-39,69-73,75-86,88-91,93-99H,3-4,6,8-10,12,14-16,18,20-22,25,28,31,34,37,40-68H2,1-2H3,(H,87,92)/b7-5-,13-11-,19-17-,24-23-,27-26-,30-29-,33-32-,36-35-,39-38-. The second-order valence-corrected chi connectivity index (χ2v) is 29.2. The largest absolute Gasteiger partial charge is 0.394 e. The summed E-state index contributed by atoms with van der Waals surface area (Å²) in [4.78, 5) is 13.5. The van der Waals surface area contributed by atoms with Gasteiger partial charge in [0.2, 0.25) is 5.91 Å². The van der Waals surface area contributed by atoms with Crippen LogP contribution in [0.1, 0.15) is 296 Å². The lowest BCUT2D eigenvalue weighted by molar-refractivity contribution is -0.379. The lowest BCUT2D eigenvalue weighted by Crippen LogP contribution is -2.66. The van der Waals surface area contributed by atoms with E-state index in [1.165, 1.54) is 154 Å². The van der Waals surface area contributed by atoms with Crippen molar-refractivity contribution >= 4 is 5.91 Å². The van der Waals surface area contributed by atoms with E-state index >= 15 is 0 Å². The number of carbonyl (C=O) groups excluding carboxylic acids is 1. The van der Waals surface area contributed by atoms with Gasteiger partial charge in [0, 0.05) is 6.42 Å². The van der Waals surface area contributed by atoms with Crippen molar-refractivity contribution in [3.63, 3.8) is 0 Å². The van der Waals surface area contributed by atoms with Crippen LogP contribution in [0.4, 0.5) is 0 Å². The first-order chi connectivity index (χ1) is 51.3. The first-order valence-electron chi connectivity index (χ1n) is 41.6. The van der Waals surface area contributed by atoms with E-state index in [4.69, 9.17) is 28.4 Å². The molecule has 17 atom stereocenters. The highest BCUT2D eigenvalue weighted by Gasteiger charge is 2.54. The lowest BCUT2D eigenvalue weighted by atomic mass is 9.96. The second kappa shape index (κ2) is 65.2. The van der Waals surface area contributed by atoms with Crippen molar-refractivity contribution in [2.75, 3.05) is 26.4 Å². The molecule has 17 unspecified atom stereocenters. The van der Waals surface area contributed by atoms with Crippen molar-refractivity contribution in [2.45, 2.75) is 401 Å². The number of hydrogen-bond acceptors (Lipinski definition) is 18. The van der Waals surface area contributed by atoms with Gasteiger partial charge in [0.15, 0.2) is 18.9 Å². The zero-order chi connectivity index (χ0) is 76.0. The smallest absolute Gasteiger partial charge is 0.220 e. The Morgan fingerprint density at radius 1 is 0.352 bits per heavy atom. The maximum absolute atomic E-state index is 13.5. The zero-order valence-electron chi connectivity index (χ0n) is 64.9. The molecule has 3 aliphatic heterocycles. The minimum absolute atomic E-state index is 0.245. The van der Waals surface area contributed by atoms with Crippen LogP contribution in [0.5, 0.6) is 0 Å². The van der Waals surface area contributed by atoms with Crippen LogP contribution in [-0.2, 0) is 33.2 Å². The predicted octanol–water partition coefficient (Wildman–Crippen LogP) is 14.5. The van der Waals surface area contributed by atoms with Gasteiger partial charge < -0.3 is 89.9 Å². The first kappa shape index (κ1) is 95.7. The Hall–Kier alpha value is -3.55. The molecule has 0 radical (unpaired) electrons. The lowest BCUT2D eigenvalue weighted by Gasteiger charge is -2.48. The Morgan fingerprint density at radius 3 is 1.03 bits per heavy atom. The van der Waals surface area contributed by atoms with Gasteiger partial charge in [-0.2, -0.15) is 0 Å². The third-order valence-electron chi connectivity index (χ3n) is 20.1. The number of aliphatic hydroxyl groups excluding tert-OH is 11. The fourth-order valence-electron chi connectivity index (χ4n) is 13.5. The monoisotopic (exact) mass is 1480 g/mol. The number of ether oxygens (including phenoxy) is 6. The van der Waals surface area contributed by atoms with Crippen LogP contribution in [-0.4, -0.2) is 193 Å². The zero-order valence-corrected chi connectivity index (χ0v) is 64.9. The number of hydrogen-bond donors (Lipinski definition) is 12. The maximum atomic E-state index is 13.5. The van der Waals surface area contributed by atoms with Gasteiger partial charge in [-0.05, 0) is 83.5 Å². The number of allylic oxidation sites excluding steroid dienone is 18. The summed E-state index contributed by atoms with van der Waals surface area (Å²) in [5, 5.41) is 121. The average Bonchev–Trinajstić information content (AvgIpc) is 0.781. The van der Waals surface area contributed by atoms with Gasteiger partial charge in [0.05, 0.1) is 38.6 Å². The molecule has 0 bridgehead atoms. The van der Waals surface area contributed by atoms with E-state index in [0.29, 0.717) is 12.8 Å². The van der Waals surface area contributed by atoms with Crippen molar-refractivity contribution in [1.82, 2.24) is 5.32 Å². The number of aliphatic hydroxyl groups is 11. The Bertz CT molecular complexity index is 2320. The van der Waals surface area contributed by atoms with Crippen LogP contribution >= 0.6 is 0 Å². The highest BCUT2D eigenvalue weighted by atomic mass is 16.8. The van der Waals surface area contributed by atoms with Crippen LogP contribution in [0, 0.1) is 0 Å². The highest BCUT2D eigenvalue weighted by molar-refractivity contribution is 5.76. The van der Waals surface area contributed by atoms with Crippen LogP contribution in [0.2, 0.25) is 0 Å². The summed E-state index contributed by atoms with van der Waals surface area (Å²) >= 11 is 0. The van der Waals surface area contributed by atoms with E-state index in [2.05, 4.69) is 129 Å². The van der Waals surface area contributed by atoms with Gasteiger partial charge >= 0.3 is 0 Å². The quantitative estimate of drug-likeness (QED) is 0.0199. The summed E-state index contributed by atoms with van der Waals surface area (Å²) < 4.78 is 34.5. The van der Waals surface area contributed by atoms with E-state index in [-0.39, 0.29) is 18.9 Å². The summed E-state index contributed by atoms with van der Waals surface area (Å²) in [6.07, 6.45) is 63.2. The van der Waals surface area contributed by atoms with Crippen LogP contribution in [0.25, 0.3) is 0 Å². The minimum atomic E-state index is -1.98. The molecule has 12 N–H and O–H groups in total. The molecule has 0 spiro atoms. The predicted molar refractivity (Wildman–Crippen MR) is 420 cm³/mol.